The van der Waals surface area contributed by atoms with E-state index in [2.05, 4.69) is 25.2 Å². The Morgan fingerprint density at radius 1 is 1.56 bits per heavy atom. The summed E-state index contributed by atoms with van der Waals surface area (Å²) in [6.45, 7) is 0. The zero-order valence-corrected chi connectivity index (χ0v) is 9.34. The van der Waals surface area contributed by atoms with Gasteiger partial charge in [0.1, 0.15) is 6.04 Å². The molecule has 0 bridgehead atoms. The summed E-state index contributed by atoms with van der Waals surface area (Å²) >= 11 is 0. The molecular weight excluding hydrogens is 246 g/mol. The minimum absolute atomic E-state index is 0.153. The van der Waals surface area contributed by atoms with Gasteiger partial charge in [0.25, 0.3) is 5.91 Å². The Morgan fingerprint density at radius 2 is 2.22 bits per heavy atom. The van der Waals surface area contributed by atoms with Crippen molar-refractivity contribution in [3.05, 3.63) is 5.82 Å². The Labute approximate surface area is 101 Å². The molecule has 0 saturated heterocycles. The Balaban J connectivity index is 2.69. The Morgan fingerprint density at radius 3 is 2.67 bits per heavy atom. The van der Waals surface area contributed by atoms with Crippen molar-refractivity contribution in [1.82, 2.24) is 20.5 Å². The van der Waals surface area contributed by atoms with Gasteiger partial charge in [0.15, 0.2) is 0 Å². The molecule has 0 fully saturated rings. The van der Waals surface area contributed by atoms with Crippen molar-refractivity contribution < 1.29 is 24.2 Å². The summed E-state index contributed by atoms with van der Waals surface area (Å²) in [5, 5.41) is 16.5. The van der Waals surface area contributed by atoms with Gasteiger partial charge in [-0.1, -0.05) is 0 Å². The van der Waals surface area contributed by atoms with Gasteiger partial charge in [-0.2, -0.15) is 4.98 Å². The number of ether oxygens (including phenoxy) is 1. The number of esters is 1. The average Bonchev–Trinajstić information content (AvgIpc) is 2.74. The molecule has 1 atom stereocenters. The third-order valence-electron chi connectivity index (χ3n) is 1.92. The summed E-state index contributed by atoms with van der Waals surface area (Å²) in [5.74, 6) is -3.37. The van der Waals surface area contributed by atoms with Crippen LogP contribution in [0, 0.1) is 0 Å². The van der Waals surface area contributed by atoms with Crippen molar-refractivity contribution in [3.63, 3.8) is 0 Å². The molecule has 0 aromatic carbocycles. The predicted octanol–water partition coefficient (Wildman–Crippen LogP) is -1.87. The second kappa shape index (κ2) is 5.61. The molecule has 1 heterocycles. The van der Waals surface area contributed by atoms with Crippen molar-refractivity contribution in [2.24, 2.45) is 0 Å². The molecule has 0 saturated carbocycles. The molecule has 1 aromatic rings. The van der Waals surface area contributed by atoms with E-state index in [1.807, 2.05) is 0 Å². The number of hydrogen-bond acceptors (Lipinski definition) is 7. The number of methoxy groups -OCH3 is 1. The van der Waals surface area contributed by atoms with Crippen LogP contribution in [0.4, 0.5) is 5.95 Å². The van der Waals surface area contributed by atoms with E-state index in [9.17, 15) is 14.4 Å². The number of aromatic nitrogens is 3. The molecule has 0 aliphatic carbocycles. The predicted molar refractivity (Wildman–Crippen MR) is 56.3 cm³/mol. The van der Waals surface area contributed by atoms with Crippen LogP contribution in [0.15, 0.2) is 0 Å². The van der Waals surface area contributed by atoms with E-state index in [1.165, 1.54) is 0 Å². The molecule has 0 aliphatic rings. The number of nitrogen functional groups attached to an aromatic ring is 1. The fourth-order valence-corrected chi connectivity index (χ4v) is 1.05. The van der Waals surface area contributed by atoms with Gasteiger partial charge in [-0.3, -0.25) is 14.7 Å². The van der Waals surface area contributed by atoms with E-state index < -0.39 is 30.3 Å². The van der Waals surface area contributed by atoms with Gasteiger partial charge in [0.2, 0.25) is 11.8 Å². The fourth-order valence-electron chi connectivity index (χ4n) is 1.05. The number of anilines is 1. The van der Waals surface area contributed by atoms with Gasteiger partial charge in [-0.15, -0.1) is 5.10 Å². The maximum Gasteiger partial charge on any atom is 0.326 e. The average molecular weight is 257 g/mol. The van der Waals surface area contributed by atoms with Gasteiger partial charge in [-0.25, -0.2) is 4.79 Å². The van der Waals surface area contributed by atoms with E-state index in [0.29, 0.717) is 0 Å². The molecule has 0 unspecified atom stereocenters. The third kappa shape index (κ3) is 3.43. The smallest absolute Gasteiger partial charge is 0.326 e. The minimum Gasteiger partial charge on any atom is -0.480 e. The number of nitrogens with one attached hydrogen (secondary N) is 2. The summed E-state index contributed by atoms with van der Waals surface area (Å²) in [5.41, 5.74) is 5.19. The van der Waals surface area contributed by atoms with Gasteiger partial charge in [0.05, 0.1) is 13.5 Å². The van der Waals surface area contributed by atoms with E-state index in [0.717, 1.165) is 7.11 Å². The first-order chi connectivity index (χ1) is 8.43. The molecule has 0 aliphatic heterocycles. The Bertz CT molecular complexity index is 470. The standard InChI is InChI=1S/C8H11N5O5/c1-18-4(14)2-3(7(16)17)10-6(15)5-11-8(9)13-12-5/h3H,2H2,1H3,(H,10,15)(H,16,17)(H3,9,11,12,13)/t3-/m0/s1. The molecule has 18 heavy (non-hydrogen) atoms. The van der Waals surface area contributed by atoms with Crippen LogP contribution in [0.1, 0.15) is 17.0 Å². The molecule has 0 spiro atoms. The largest absolute Gasteiger partial charge is 0.480 e. The number of carbonyl (C=O) groups excluding carboxylic acids is 2. The highest BCUT2D eigenvalue weighted by Crippen LogP contribution is 1.98. The van der Waals surface area contributed by atoms with Crippen molar-refractivity contribution in [1.29, 1.82) is 0 Å². The van der Waals surface area contributed by atoms with Crippen LogP contribution in [-0.4, -0.2) is 51.3 Å². The van der Waals surface area contributed by atoms with Crippen LogP contribution in [0.3, 0.4) is 0 Å². The molecule has 98 valence electrons. The van der Waals surface area contributed by atoms with Crippen molar-refractivity contribution in [2.45, 2.75) is 12.5 Å². The number of aromatic amines is 1. The highest BCUT2D eigenvalue weighted by atomic mass is 16.5. The summed E-state index contributed by atoms with van der Waals surface area (Å²) in [6, 6.07) is -1.42. The molecular formula is C8H11N5O5. The normalized spacial score (nSPS) is 11.6. The zero-order valence-electron chi connectivity index (χ0n) is 9.34. The number of hydrogen-bond donors (Lipinski definition) is 4. The quantitative estimate of drug-likeness (QED) is 0.446. The summed E-state index contributed by atoms with van der Waals surface area (Å²) < 4.78 is 4.31. The molecule has 1 aromatic heterocycles. The second-order valence-corrected chi connectivity index (χ2v) is 3.19. The molecule has 10 heteroatoms. The Hall–Kier alpha value is -2.65. The number of nitrogens with zero attached hydrogens (tertiary/aromatic N) is 2. The number of carboxylic acids is 1. The lowest BCUT2D eigenvalue weighted by molar-refractivity contribution is -0.147. The van der Waals surface area contributed by atoms with Crippen LogP contribution in [0.2, 0.25) is 0 Å². The van der Waals surface area contributed by atoms with Crippen LogP contribution >= 0.6 is 0 Å². The van der Waals surface area contributed by atoms with E-state index in [1.54, 1.807) is 0 Å². The number of H-pyrrole nitrogens is 1. The lowest BCUT2D eigenvalue weighted by Crippen LogP contribution is -2.42. The summed E-state index contributed by atoms with van der Waals surface area (Å²) in [4.78, 5) is 36.8. The number of carboxylic acid groups (broad SMARTS) is 1. The first-order valence-corrected chi connectivity index (χ1v) is 4.72. The number of amides is 1. The third-order valence-corrected chi connectivity index (χ3v) is 1.92. The molecule has 1 rings (SSSR count). The molecule has 10 nitrogen and oxygen atoms in total. The fraction of sp³-hybridized carbons (Fsp3) is 0.375. The SMILES string of the molecule is COC(=O)C[C@H](NC(=O)c1nc(N)n[nH]1)C(=O)O. The van der Waals surface area contributed by atoms with Gasteiger partial charge in [0, 0.05) is 0 Å². The molecule has 5 N–H and O–H groups in total. The van der Waals surface area contributed by atoms with Crippen molar-refractivity contribution in [3.8, 4) is 0 Å². The monoisotopic (exact) mass is 257 g/mol. The van der Waals surface area contributed by atoms with Crippen LogP contribution in [0.25, 0.3) is 0 Å². The first-order valence-electron chi connectivity index (χ1n) is 4.72. The van der Waals surface area contributed by atoms with Crippen LogP contribution < -0.4 is 11.1 Å². The molecule has 0 radical (unpaired) electrons. The van der Waals surface area contributed by atoms with Gasteiger partial charge >= 0.3 is 11.9 Å². The van der Waals surface area contributed by atoms with Crippen molar-refractivity contribution >= 4 is 23.8 Å². The topological polar surface area (TPSA) is 160 Å². The highest BCUT2D eigenvalue weighted by Gasteiger charge is 2.25. The van der Waals surface area contributed by atoms with E-state index in [-0.39, 0.29) is 11.8 Å². The number of rotatable bonds is 5. The number of carbonyl (C=O) groups is 3. The summed E-state index contributed by atoms with van der Waals surface area (Å²) in [6.07, 6.45) is -0.499. The summed E-state index contributed by atoms with van der Waals surface area (Å²) in [7, 11) is 1.11. The minimum atomic E-state index is -1.42. The number of nitrogens with two attached hydrogens (primary N) is 1. The van der Waals surface area contributed by atoms with Gasteiger partial charge < -0.3 is 20.9 Å². The molecule has 1 amide bonds. The highest BCUT2D eigenvalue weighted by molar-refractivity contribution is 5.94. The van der Waals surface area contributed by atoms with Gasteiger partial charge in [-0.05, 0) is 0 Å². The first kappa shape index (κ1) is 13.4. The Kier molecular flexibility index (Phi) is 4.18. The maximum atomic E-state index is 11.5. The lowest BCUT2D eigenvalue weighted by atomic mass is 10.2. The number of aliphatic carboxylic acids is 1. The van der Waals surface area contributed by atoms with Crippen molar-refractivity contribution in [2.75, 3.05) is 12.8 Å². The van der Waals surface area contributed by atoms with Crippen LogP contribution in [-0.2, 0) is 14.3 Å². The van der Waals surface area contributed by atoms with Crippen LogP contribution in [0.5, 0.6) is 0 Å². The van der Waals surface area contributed by atoms with E-state index >= 15 is 0 Å². The van der Waals surface area contributed by atoms with E-state index in [4.69, 9.17) is 10.8 Å². The maximum absolute atomic E-state index is 11.5. The second-order valence-electron chi connectivity index (χ2n) is 3.19. The zero-order chi connectivity index (χ0) is 13.7. The lowest BCUT2D eigenvalue weighted by Gasteiger charge is -2.11.